The molecule has 3 aromatic rings. The van der Waals surface area contributed by atoms with E-state index in [0.717, 1.165) is 6.42 Å². The minimum atomic E-state index is 0.295. The van der Waals surface area contributed by atoms with Crippen LogP contribution in [0.4, 0.5) is 0 Å². The predicted molar refractivity (Wildman–Crippen MR) is 78.2 cm³/mol. The standard InChI is InChI=1S/C17H17NO/c1-18-17(11-13-9-10-19-12-13)16-8-4-6-14-5-2-3-7-15(14)16/h2-10,12,17-18H,11H2,1H3. The summed E-state index contributed by atoms with van der Waals surface area (Å²) in [4.78, 5) is 0. The quantitative estimate of drug-likeness (QED) is 0.760. The molecular weight excluding hydrogens is 234 g/mol. The molecule has 1 unspecified atom stereocenters. The van der Waals surface area contributed by atoms with Crippen LogP contribution in [0.1, 0.15) is 17.2 Å². The molecule has 1 heterocycles. The first-order valence-corrected chi connectivity index (χ1v) is 6.54. The van der Waals surface area contributed by atoms with E-state index in [9.17, 15) is 0 Å². The first-order valence-electron chi connectivity index (χ1n) is 6.54. The Morgan fingerprint density at radius 1 is 1.05 bits per heavy atom. The molecule has 2 nitrogen and oxygen atoms in total. The molecule has 96 valence electrons. The van der Waals surface area contributed by atoms with E-state index >= 15 is 0 Å². The summed E-state index contributed by atoms with van der Waals surface area (Å²) in [6.45, 7) is 0. The van der Waals surface area contributed by atoms with Crippen molar-refractivity contribution in [2.45, 2.75) is 12.5 Å². The third kappa shape index (κ3) is 2.40. The van der Waals surface area contributed by atoms with Gasteiger partial charge in [-0.3, -0.25) is 0 Å². The maximum atomic E-state index is 5.16. The van der Waals surface area contributed by atoms with Gasteiger partial charge in [-0.25, -0.2) is 0 Å². The highest BCUT2D eigenvalue weighted by Crippen LogP contribution is 2.26. The molecule has 0 fully saturated rings. The van der Waals surface area contributed by atoms with Crippen LogP contribution in [-0.4, -0.2) is 7.05 Å². The summed E-state index contributed by atoms with van der Waals surface area (Å²) in [6, 6.07) is 17.3. The minimum absolute atomic E-state index is 0.295. The lowest BCUT2D eigenvalue weighted by Gasteiger charge is -2.18. The molecule has 0 aliphatic rings. The molecule has 0 aliphatic carbocycles. The molecule has 2 heteroatoms. The summed E-state index contributed by atoms with van der Waals surface area (Å²) >= 11 is 0. The summed E-state index contributed by atoms with van der Waals surface area (Å²) in [5.74, 6) is 0. The van der Waals surface area contributed by atoms with E-state index in [0.29, 0.717) is 6.04 Å². The van der Waals surface area contributed by atoms with Gasteiger partial charge in [0.2, 0.25) is 0 Å². The van der Waals surface area contributed by atoms with Gasteiger partial charge in [0.15, 0.2) is 0 Å². The fraction of sp³-hybridized carbons (Fsp3) is 0.176. The Labute approximate surface area is 113 Å². The lowest BCUT2D eigenvalue weighted by atomic mass is 9.95. The van der Waals surface area contributed by atoms with Crippen molar-refractivity contribution < 1.29 is 4.42 Å². The molecule has 0 spiro atoms. The van der Waals surface area contributed by atoms with Crippen LogP contribution in [0, 0.1) is 0 Å². The van der Waals surface area contributed by atoms with E-state index in [1.807, 2.05) is 19.4 Å². The Hall–Kier alpha value is -2.06. The molecule has 1 atom stereocenters. The summed E-state index contributed by atoms with van der Waals surface area (Å²) in [7, 11) is 2.01. The first kappa shape index (κ1) is 12.0. The van der Waals surface area contributed by atoms with Gasteiger partial charge in [-0.05, 0) is 41.4 Å². The average Bonchev–Trinajstić information content (AvgIpc) is 2.97. The maximum Gasteiger partial charge on any atom is 0.0935 e. The van der Waals surface area contributed by atoms with Gasteiger partial charge in [0.05, 0.1) is 12.5 Å². The third-order valence-corrected chi connectivity index (χ3v) is 3.57. The van der Waals surface area contributed by atoms with E-state index in [1.54, 1.807) is 6.26 Å². The molecule has 0 bridgehead atoms. The van der Waals surface area contributed by atoms with Gasteiger partial charge in [0, 0.05) is 6.04 Å². The van der Waals surface area contributed by atoms with Gasteiger partial charge in [0.1, 0.15) is 0 Å². The first-order chi connectivity index (χ1) is 9.38. The fourth-order valence-corrected chi connectivity index (χ4v) is 2.57. The lowest BCUT2D eigenvalue weighted by molar-refractivity contribution is 0.552. The average molecular weight is 251 g/mol. The van der Waals surface area contributed by atoms with Crippen LogP contribution in [0.3, 0.4) is 0 Å². The number of likely N-dealkylation sites (N-methyl/N-ethyl adjacent to an activating group) is 1. The van der Waals surface area contributed by atoms with Crippen molar-refractivity contribution >= 4 is 10.8 Å². The van der Waals surface area contributed by atoms with Crippen molar-refractivity contribution in [3.8, 4) is 0 Å². The van der Waals surface area contributed by atoms with Crippen LogP contribution in [0.15, 0.2) is 65.5 Å². The van der Waals surface area contributed by atoms with E-state index in [-0.39, 0.29) is 0 Å². The number of hydrogen-bond acceptors (Lipinski definition) is 2. The number of furan rings is 1. The van der Waals surface area contributed by atoms with Crippen LogP contribution < -0.4 is 5.32 Å². The fourth-order valence-electron chi connectivity index (χ4n) is 2.57. The molecule has 19 heavy (non-hydrogen) atoms. The van der Waals surface area contributed by atoms with Crippen LogP contribution in [0.2, 0.25) is 0 Å². The third-order valence-electron chi connectivity index (χ3n) is 3.57. The van der Waals surface area contributed by atoms with E-state index < -0.39 is 0 Å². The van der Waals surface area contributed by atoms with Gasteiger partial charge in [0.25, 0.3) is 0 Å². The van der Waals surface area contributed by atoms with Crippen LogP contribution in [-0.2, 0) is 6.42 Å². The Kier molecular flexibility index (Phi) is 3.34. The van der Waals surface area contributed by atoms with E-state index in [4.69, 9.17) is 4.42 Å². The van der Waals surface area contributed by atoms with Crippen LogP contribution in [0.5, 0.6) is 0 Å². The number of nitrogens with one attached hydrogen (secondary N) is 1. The number of hydrogen-bond donors (Lipinski definition) is 1. The van der Waals surface area contributed by atoms with E-state index in [1.165, 1.54) is 21.9 Å². The van der Waals surface area contributed by atoms with E-state index in [2.05, 4.69) is 47.8 Å². The van der Waals surface area contributed by atoms with Crippen LogP contribution >= 0.6 is 0 Å². The number of benzene rings is 2. The Bertz CT molecular complexity index is 653. The smallest absolute Gasteiger partial charge is 0.0935 e. The Balaban J connectivity index is 2.01. The molecule has 0 saturated heterocycles. The SMILES string of the molecule is CNC(Cc1ccoc1)c1cccc2ccccc12. The molecular formula is C17H17NO. The normalized spacial score (nSPS) is 12.7. The van der Waals surface area contributed by atoms with Gasteiger partial charge < -0.3 is 9.73 Å². The highest BCUT2D eigenvalue weighted by atomic mass is 16.3. The molecule has 1 aromatic heterocycles. The molecule has 0 aliphatic heterocycles. The van der Waals surface area contributed by atoms with Crippen molar-refractivity contribution in [3.05, 3.63) is 72.2 Å². The maximum absolute atomic E-state index is 5.16. The molecule has 3 rings (SSSR count). The lowest BCUT2D eigenvalue weighted by Crippen LogP contribution is -2.18. The summed E-state index contributed by atoms with van der Waals surface area (Å²) in [5, 5.41) is 6.00. The second-order valence-corrected chi connectivity index (χ2v) is 4.75. The van der Waals surface area contributed by atoms with Crippen molar-refractivity contribution in [1.82, 2.24) is 5.32 Å². The van der Waals surface area contributed by atoms with Crippen molar-refractivity contribution in [3.63, 3.8) is 0 Å². The van der Waals surface area contributed by atoms with Crippen molar-refractivity contribution in [2.75, 3.05) is 7.05 Å². The monoisotopic (exact) mass is 251 g/mol. The zero-order valence-electron chi connectivity index (χ0n) is 11.0. The molecule has 0 radical (unpaired) electrons. The van der Waals surface area contributed by atoms with Gasteiger partial charge in [-0.1, -0.05) is 42.5 Å². The van der Waals surface area contributed by atoms with Crippen molar-refractivity contribution in [1.29, 1.82) is 0 Å². The zero-order valence-corrected chi connectivity index (χ0v) is 11.0. The highest BCUT2D eigenvalue weighted by Gasteiger charge is 2.13. The second kappa shape index (κ2) is 5.29. The van der Waals surface area contributed by atoms with Crippen molar-refractivity contribution in [2.24, 2.45) is 0 Å². The molecule has 0 amide bonds. The topological polar surface area (TPSA) is 25.2 Å². The zero-order chi connectivity index (χ0) is 13.1. The van der Waals surface area contributed by atoms with Crippen LogP contribution in [0.25, 0.3) is 10.8 Å². The predicted octanol–water partition coefficient (Wildman–Crippen LogP) is 3.94. The number of rotatable bonds is 4. The molecule has 1 N–H and O–H groups in total. The van der Waals surface area contributed by atoms with Gasteiger partial charge in [-0.15, -0.1) is 0 Å². The summed E-state index contributed by atoms with van der Waals surface area (Å²) in [6.07, 6.45) is 4.47. The van der Waals surface area contributed by atoms with Gasteiger partial charge >= 0.3 is 0 Å². The summed E-state index contributed by atoms with van der Waals surface area (Å²) < 4.78 is 5.16. The Morgan fingerprint density at radius 3 is 2.68 bits per heavy atom. The highest BCUT2D eigenvalue weighted by molar-refractivity contribution is 5.86. The summed E-state index contributed by atoms with van der Waals surface area (Å²) in [5.41, 5.74) is 2.55. The second-order valence-electron chi connectivity index (χ2n) is 4.75. The van der Waals surface area contributed by atoms with Gasteiger partial charge in [-0.2, -0.15) is 0 Å². The Morgan fingerprint density at radius 2 is 1.89 bits per heavy atom. The molecule has 2 aromatic carbocycles. The largest absolute Gasteiger partial charge is 0.472 e. The molecule has 0 saturated carbocycles. The minimum Gasteiger partial charge on any atom is -0.472 e. The number of fused-ring (bicyclic) bond motifs is 1.